The number of hydrogen-bond acceptors (Lipinski definition) is 15. The fourth-order valence-electron chi connectivity index (χ4n) is 7.53. The molecule has 0 radical (unpaired) electrons. The summed E-state index contributed by atoms with van der Waals surface area (Å²) in [5.74, 6) is -8.00. The molecule has 3 rings (SSSR count). The Morgan fingerprint density at radius 1 is 0.545 bits per heavy atom. The first-order chi connectivity index (χ1) is 20.2. The van der Waals surface area contributed by atoms with Crippen molar-refractivity contribution in [2.45, 2.75) is 117 Å². The van der Waals surface area contributed by atoms with E-state index in [-0.39, 0.29) is 0 Å². The molecule has 1 spiro atoms. The van der Waals surface area contributed by atoms with E-state index in [1.165, 1.54) is 0 Å². The molecule has 3 fully saturated rings. The molecular weight excluding hydrogens is 588 g/mol. The largest absolute Gasteiger partial charge is 0.465 e. The molecule has 1 heterocycles. The lowest BCUT2D eigenvalue weighted by molar-refractivity contribution is -0.348. The van der Waals surface area contributed by atoms with Crippen molar-refractivity contribution >= 4 is 41.8 Å². The van der Waals surface area contributed by atoms with Gasteiger partial charge in [-0.05, 0) is 13.8 Å². The molecule has 2 aliphatic carbocycles. The lowest BCUT2D eigenvalue weighted by Crippen LogP contribution is -2.84. The average molecular weight is 629 g/mol. The minimum Gasteiger partial charge on any atom is -0.465 e. The number of esters is 7. The molecule has 0 N–H and O–H groups in total. The molecule has 15 heteroatoms. The van der Waals surface area contributed by atoms with Crippen LogP contribution < -0.4 is 0 Å². The molecular formula is C29H40O15. The molecule has 3 aliphatic rings. The third-order valence-electron chi connectivity index (χ3n) is 8.47. The Bertz CT molecular complexity index is 1230. The average Bonchev–Trinajstić information content (AvgIpc) is 3.03. The van der Waals surface area contributed by atoms with Crippen LogP contribution in [0.3, 0.4) is 0 Å². The molecule has 0 aromatic rings. The van der Waals surface area contributed by atoms with E-state index in [4.69, 9.17) is 37.9 Å². The van der Waals surface area contributed by atoms with E-state index in [1.54, 1.807) is 20.8 Å². The molecule has 0 aromatic heterocycles. The zero-order chi connectivity index (χ0) is 33.5. The molecule has 1 saturated heterocycles. The maximum absolute atomic E-state index is 12.8. The second-order valence-electron chi connectivity index (χ2n) is 11.9. The number of rotatable bonds is 8. The second-order valence-corrected chi connectivity index (χ2v) is 11.9. The van der Waals surface area contributed by atoms with Crippen molar-refractivity contribution in [3.63, 3.8) is 0 Å². The summed E-state index contributed by atoms with van der Waals surface area (Å²) in [6.07, 6.45) is -9.21. The molecule has 0 aromatic carbocycles. The van der Waals surface area contributed by atoms with E-state index in [0.29, 0.717) is 0 Å². The van der Waals surface area contributed by atoms with E-state index in [2.05, 4.69) is 0 Å². The standard InChI is InChI=1S/C29H40O15/c1-12-21(38-14(3)31)23(40-16(5)33)26(43-19(8)36)28(11-37-13(2)30)25(42-18(7)35)22(39-15(4)32)20-24(41-17(6)34)29(12,28)44-27(20,9)10/h12,20-26H,11H2,1-10H3/t12-,20-,21-,22-,23+,24-,25-,26+,28-,29-/m1/s1. The summed E-state index contributed by atoms with van der Waals surface area (Å²) in [5.41, 5.74) is -5.42. The Balaban J connectivity index is 2.62. The van der Waals surface area contributed by atoms with Crippen molar-refractivity contribution in [1.82, 2.24) is 0 Å². The Hall–Kier alpha value is -3.75. The summed E-state index contributed by atoms with van der Waals surface area (Å²) in [5, 5.41) is 0. The molecule has 1 aliphatic heterocycles. The molecule has 2 bridgehead atoms. The van der Waals surface area contributed by atoms with E-state index in [1.807, 2.05) is 0 Å². The first-order valence-electron chi connectivity index (χ1n) is 14.1. The summed E-state index contributed by atoms with van der Waals surface area (Å²) in [7, 11) is 0. The predicted molar refractivity (Wildman–Crippen MR) is 143 cm³/mol. The number of carbonyl (C=O) groups excluding carboxylic acids is 7. The van der Waals surface area contributed by atoms with E-state index >= 15 is 0 Å². The third-order valence-corrected chi connectivity index (χ3v) is 8.47. The van der Waals surface area contributed by atoms with Crippen molar-refractivity contribution in [2.75, 3.05) is 6.61 Å². The van der Waals surface area contributed by atoms with Gasteiger partial charge in [-0.25, -0.2) is 0 Å². The van der Waals surface area contributed by atoms with Gasteiger partial charge in [-0.1, -0.05) is 6.92 Å². The van der Waals surface area contributed by atoms with Gasteiger partial charge in [-0.2, -0.15) is 0 Å². The Kier molecular flexibility index (Phi) is 9.73. The fraction of sp³-hybridized carbons (Fsp3) is 0.759. The molecule has 15 nitrogen and oxygen atoms in total. The lowest BCUT2D eigenvalue weighted by atomic mass is 9.46. The second kappa shape index (κ2) is 12.3. The van der Waals surface area contributed by atoms with E-state index < -0.39 is 113 Å². The maximum atomic E-state index is 12.8. The highest BCUT2D eigenvalue weighted by Crippen LogP contribution is 2.69. The monoisotopic (exact) mass is 628 g/mol. The van der Waals surface area contributed by atoms with Gasteiger partial charge in [0.15, 0.2) is 18.3 Å². The quantitative estimate of drug-likeness (QED) is 0.272. The smallest absolute Gasteiger partial charge is 0.303 e. The van der Waals surface area contributed by atoms with Gasteiger partial charge >= 0.3 is 41.8 Å². The highest BCUT2D eigenvalue weighted by atomic mass is 16.7. The number of ether oxygens (including phenoxy) is 8. The topological polar surface area (TPSA) is 193 Å². The van der Waals surface area contributed by atoms with Gasteiger partial charge in [0.2, 0.25) is 0 Å². The summed E-state index contributed by atoms with van der Waals surface area (Å²) in [6, 6.07) is 0. The van der Waals surface area contributed by atoms with Crippen LogP contribution in [0, 0.1) is 17.3 Å². The molecule has 0 unspecified atom stereocenters. The summed E-state index contributed by atoms with van der Waals surface area (Å²) in [4.78, 5) is 88.2. The first kappa shape index (κ1) is 34.7. The van der Waals surface area contributed by atoms with Crippen LogP contribution in [-0.4, -0.2) is 96.2 Å². The first-order valence-corrected chi connectivity index (χ1v) is 14.1. The van der Waals surface area contributed by atoms with Gasteiger partial charge in [0.05, 0.1) is 11.5 Å². The van der Waals surface area contributed by atoms with Crippen LogP contribution in [0.1, 0.15) is 69.2 Å². The Labute approximate surface area is 254 Å². The molecule has 10 atom stereocenters. The minimum absolute atomic E-state index is 0.745. The van der Waals surface area contributed by atoms with Gasteiger partial charge in [0.25, 0.3) is 0 Å². The highest BCUT2D eigenvalue weighted by Gasteiger charge is 2.87. The fourth-order valence-corrected chi connectivity index (χ4v) is 7.53. The van der Waals surface area contributed by atoms with Crippen molar-refractivity contribution in [3.05, 3.63) is 0 Å². The number of hydrogen-bond donors (Lipinski definition) is 0. The zero-order valence-electron chi connectivity index (χ0n) is 26.4. The van der Waals surface area contributed by atoms with Crippen LogP contribution in [0.15, 0.2) is 0 Å². The van der Waals surface area contributed by atoms with Crippen LogP contribution in [0.2, 0.25) is 0 Å². The molecule has 0 amide bonds. The summed E-state index contributed by atoms with van der Waals surface area (Å²) < 4.78 is 47.3. The third kappa shape index (κ3) is 5.85. The van der Waals surface area contributed by atoms with Crippen molar-refractivity contribution in [2.24, 2.45) is 17.3 Å². The Morgan fingerprint density at radius 2 is 0.932 bits per heavy atom. The minimum atomic E-state index is -2.11. The number of carbonyl (C=O) groups is 7. The van der Waals surface area contributed by atoms with Gasteiger partial charge in [-0.3, -0.25) is 33.6 Å². The van der Waals surface area contributed by atoms with Gasteiger partial charge in [0, 0.05) is 54.4 Å². The Morgan fingerprint density at radius 3 is 1.36 bits per heavy atom. The highest BCUT2D eigenvalue weighted by molar-refractivity contribution is 5.71. The normalized spacial score (nSPS) is 36.5. The van der Waals surface area contributed by atoms with Crippen LogP contribution in [0.5, 0.6) is 0 Å². The predicted octanol–water partition coefficient (Wildman–Crippen LogP) is 0.953. The van der Waals surface area contributed by atoms with Gasteiger partial charge in [0.1, 0.15) is 35.9 Å². The lowest BCUT2D eigenvalue weighted by Gasteiger charge is -2.65. The molecule has 44 heavy (non-hydrogen) atoms. The molecule has 246 valence electrons. The van der Waals surface area contributed by atoms with Crippen molar-refractivity contribution < 1.29 is 71.5 Å². The van der Waals surface area contributed by atoms with Gasteiger partial charge < -0.3 is 37.9 Å². The number of fused-ring (bicyclic) bond motifs is 1. The summed E-state index contributed by atoms with van der Waals surface area (Å²) in [6.45, 7) is 11.7. The molecule has 2 saturated carbocycles. The SMILES string of the molecule is CC(=O)OC[C@]12[C@H](OC(C)=O)[C@H](OC(C)=O)[C@@H]3[C@@H](OC(C)=O)[C@]1(OC3(C)C)[C@H](C)[C@@H](OC(C)=O)[C@H](OC(C)=O)[C@@H]2OC(C)=O. The van der Waals surface area contributed by atoms with Crippen molar-refractivity contribution in [3.8, 4) is 0 Å². The van der Waals surface area contributed by atoms with E-state index in [9.17, 15) is 33.6 Å². The van der Waals surface area contributed by atoms with Crippen LogP contribution in [-0.2, 0) is 71.5 Å². The van der Waals surface area contributed by atoms with E-state index in [0.717, 1.165) is 48.5 Å². The summed E-state index contributed by atoms with van der Waals surface area (Å²) >= 11 is 0. The van der Waals surface area contributed by atoms with Crippen LogP contribution in [0.4, 0.5) is 0 Å². The zero-order valence-corrected chi connectivity index (χ0v) is 26.4. The van der Waals surface area contributed by atoms with Gasteiger partial charge in [-0.15, -0.1) is 0 Å². The van der Waals surface area contributed by atoms with Crippen LogP contribution in [0.25, 0.3) is 0 Å². The van der Waals surface area contributed by atoms with Crippen molar-refractivity contribution in [1.29, 1.82) is 0 Å². The van der Waals surface area contributed by atoms with Crippen LogP contribution >= 0.6 is 0 Å². The maximum Gasteiger partial charge on any atom is 0.303 e.